The predicted octanol–water partition coefficient (Wildman–Crippen LogP) is 2.39. The maximum absolute atomic E-state index is 12.9. The zero-order valence-electron chi connectivity index (χ0n) is 10.4. The average Bonchev–Trinajstić information content (AvgIpc) is 3.05. The van der Waals surface area contributed by atoms with Crippen LogP contribution in [0.25, 0.3) is 17.4 Å². The van der Waals surface area contributed by atoms with E-state index in [1.807, 2.05) is 5.10 Å². The summed E-state index contributed by atoms with van der Waals surface area (Å²) >= 11 is 3.17. The molecule has 0 aromatic carbocycles. The minimum absolute atomic E-state index is 0.111. The van der Waals surface area contributed by atoms with Gasteiger partial charge in [-0.2, -0.15) is 18.3 Å². The first-order chi connectivity index (χ1) is 10.3. The Labute approximate surface area is 127 Å². The zero-order valence-corrected chi connectivity index (χ0v) is 12.0. The molecule has 0 atom stereocenters. The highest BCUT2D eigenvalue weighted by Crippen LogP contribution is 2.32. The van der Waals surface area contributed by atoms with Gasteiger partial charge in [-0.05, 0) is 28.1 Å². The lowest BCUT2D eigenvalue weighted by Crippen LogP contribution is -2.08. The van der Waals surface area contributed by atoms with E-state index < -0.39 is 17.6 Å². The van der Waals surface area contributed by atoms with E-state index in [2.05, 4.69) is 31.1 Å². The summed E-state index contributed by atoms with van der Waals surface area (Å²) in [4.78, 5) is 15.0. The number of nitrogens with zero attached hydrogens (tertiary/aromatic N) is 4. The third-order valence-corrected chi connectivity index (χ3v) is 3.05. The fraction of sp³-hybridized carbons (Fsp3) is 0.0909. The van der Waals surface area contributed by atoms with Gasteiger partial charge in [0.1, 0.15) is 5.69 Å². The topological polar surface area (TPSA) is 89.6 Å². The molecule has 0 bridgehead atoms. The van der Waals surface area contributed by atoms with Gasteiger partial charge in [0.2, 0.25) is 0 Å². The molecule has 0 unspecified atom stereocenters. The molecule has 0 aliphatic carbocycles. The normalized spacial score (nSPS) is 11.8. The number of rotatable bonds is 2. The molecule has 0 radical (unpaired) electrons. The number of aromatic amines is 1. The van der Waals surface area contributed by atoms with E-state index in [4.69, 9.17) is 4.42 Å². The third-order valence-electron chi connectivity index (χ3n) is 2.59. The lowest BCUT2D eigenvalue weighted by Gasteiger charge is -2.04. The van der Waals surface area contributed by atoms with Gasteiger partial charge in [0.15, 0.2) is 11.5 Å². The van der Waals surface area contributed by atoms with E-state index >= 15 is 0 Å². The molecule has 22 heavy (non-hydrogen) atoms. The second kappa shape index (κ2) is 5.09. The summed E-state index contributed by atoms with van der Waals surface area (Å²) in [7, 11) is 0. The highest BCUT2D eigenvalue weighted by Gasteiger charge is 2.36. The summed E-state index contributed by atoms with van der Waals surface area (Å²) in [6, 6.07) is 3.76. The largest absolute Gasteiger partial charge is 0.435 e. The fourth-order valence-corrected chi connectivity index (χ4v) is 1.91. The number of hydrogen-bond acceptors (Lipinski definition) is 5. The van der Waals surface area contributed by atoms with Gasteiger partial charge in [0.25, 0.3) is 5.89 Å². The van der Waals surface area contributed by atoms with Crippen molar-refractivity contribution in [3.05, 3.63) is 45.1 Å². The minimum atomic E-state index is -4.66. The quantitative estimate of drug-likeness (QED) is 0.742. The van der Waals surface area contributed by atoms with Crippen molar-refractivity contribution >= 4 is 15.9 Å². The van der Waals surface area contributed by atoms with Crippen LogP contribution in [-0.4, -0.2) is 25.0 Å². The molecule has 0 aliphatic rings. The highest BCUT2D eigenvalue weighted by molar-refractivity contribution is 9.10. The van der Waals surface area contributed by atoms with Crippen molar-refractivity contribution in [1.82, 2.24) is 25.0 Å². The maximum Gasteiger partial charge on any atom is 0.435 e. The zero-order chi connectivity index (χ0) is 15.9. The van der Waals surface area contributed by atoms with Gasteiger partial charge in [0, 0.05) is 16.7 Å². The second-order valence-corrected chi connectivity index (χ2v) is 4.99. The van der Waals surface area contributed by atoms with Crippen LogP contribution in [0.15, 0.2) is 38.1 Å². The van der Waals surface area contributed by atoms with Crippen LogP contribution in [0.5, 0.6) is 0 Å². The lowest BCUT2D eigenvalue weighted by molar-refractivity contribution is -0.141. The molecule has 3 rings (SSSR count). The van der Waals surface area contributed by atoms with Gasteiger partial charge in [-0.1, -0.05) is 0 Å². The monoisotopic (exact) mass is 375 g/mol. The summed E-state index contributed by atoms with van der Waals surface area (Å²) in [6.45, 7) is 0. The molecule has 0 amide bonds. The second-order valence-electron chi connectivity index (χ2n) is 4.08. The molecule has 1 N–H and O–H groups in total. The molecular formula is C11H5BrF3N5O2. The van der Waals surface area contributed by atoms with Crippen molar-refractivity contribution < 1.29 is 17.6 Å². The van der Waals surface area contributed by atoms with E-state index in [1.165, 1.54) is 12.3 Å². The van der Waals surface area contributed by atoms with Crippen LogP contribution in [0, 0.1) is 0 Å². The average molecular weight is 376 g/mol. The molecule has 3 heterocycles. The number of hydrogen-bond donors (Lipinski definition) is 1. The van der Waals surface area contributed by atoms with Gasteiger partial charge in [-0.15, -0.1) is 5.10 Å². The number of alkyl halides is 3. The Balaban J connectivity index is 2.21. The summed E-state index contributed by atoms with van der Waals surface area (Å²) in [6.07, 6.45) is -3.26. The molecule has 11 heteroatoms. The minimum Gasteiger partial charge on any atom is -0.386 e. The predicted molar refractivity (Wildman–Crippen MR) is 70.2 cm³/mol. The number of nitrogens with one attached hydrogen (secondary N) is 1. The van der Waals surface area contributed by atoms with Crippen molar-refractivity contribution in [3.8, 4) is 17.4 Å². The first-order valence-corrected chi connectivity index (χ1v) is 6.49. The molecule has 0 spiro atoms. The van der Waals surface area contributed by atoms with E-state index in [0.29, 0.717) is 4.47 Å². The highest BCUT2D eigenvalue weighted by atomic mass is 79.9. The van der Waals surface area contributed by atoms with Gasteiger partial charge < -0.3 is 4.42 Å². The van der Waals surface area contributed by atoms with E-state index in [9.17, 15) is 18.0 Å². The Bertz CT molecular complexity index is 865. The number of aromatic nitrogens is 5. The van der Waals surface area contributed by atoms with Gasteiger partial charge in [0.05, 0.1) is 0 Å². The van der Waals surface area contributed by atoms with Crippen molar-refractivity contribution in [1.29, 1.82) is 0 Å². The molecule has 3 aromatic heterocycles. The summed E-state index contributed by atoms with van der Waals surface area (Å²) < 4.78 is 44.8. The van der Waals surface area contributed by atoms with E-state index in [-0.39, 0.29) is 17.4 Å². The number of H-pyrrole nitrogens is 1. The summed E-state index contributed by atoms with van der Waals surface area (Å²) in [5.41, 5.74) is -1.31. The van der Waals surface area contributed by atoms with Crippen LogP contribution in [-0.2, 0) is 6.18 Å². The standard InChI is InChI=1S/C11H5BrF3N5O2/c12-5-1-2-8(16-4-5)20-6(9-17-18-10(21)22-9)3-7(19-20)11(13,14)15/h1-4H,(H,18,21). The molecule has 7 nitrogen and oxygen atoms in total. The molecule has 0 saturated carbocycles. The van der Waals surface area contributed by atoms with Crippen LogP contribution in [0.3, 0.4) is 0 Å². The molecule has 0 aliphatic heterocycles. The Morgan fingerprint density at radius 3 is 2.64 bits per heavy atom. The van der Waals surface area contributed by atoms with Crippen molar-refractivity contribution in [2.24, 2.45) is 0 Å². The maximum atomic E-state index is 12.9. The third kappa shape index (κ3) is 2.66. The van der Waals surface area contributed by atoms with Crippen molar-refractivity contribution in [2.75, 3.05) is 0 Å². The Morgan fingerprint density at radius 2 is 2.09 bits per heavy atom. The van der Waals surface area contributed by atoms with Crippen LogP contribution in [0.2, 0.25) is 0 Å². The Morgan fingerprint density at radius 1 is 1.32 bits per heavy atom. The Kier molecular flexibility index (Phi) is 3.35. The van der Waals surface area contributed by atoms with Crippen LogP contribution in [0.4, 0.5) is 13.2 Å². The van der Waals surface area contributed by atoms with Crippen LogP contribution < -0.4 is 5.76 Å². The molecule has 3 aromatic rings. The van der Waals surface area contributed by atoms with Crippen LogP contribution in [0.1, 0.15) is 5.69 Å². The smallest absolute Gasteiger partial charge is 0.386 e. The van der Waals surface area contributed by atoms with Gasteiger partial charge >= 0.3 is 11.9 Å². The molecule has 0 fully saturated rings. The fourth-order valence-electron chi connectivity index (χ4n) is 1.68. The van der Waals surface area contributed by atoms with Crippen LogP contribution >= 0.6 is 15.9 Å². The van der Waals surface area contributed by atoms with Crippen molar-refractivity contribution in [3.63, 3.8) is 0 Å². The molecule has 114 valence electrons. The first-order valence-electron chi connectivity index (χ1n) is 5.69. The van der Waals surface area contributed by atoms with Gasteiger partial charge in [-0.25, -0.2) is 19.6 Å². The summed E-state index contributed by atoms with van der Waals surface area (Å²) in [5.74, 6) is -1.10. The van der Waals surface area contributed by atoms with Crippen molar-refractivity contribution in [2.45, 2.75) is 6.18 Å². The number of halogens is 4. The Hall–Kier alpha value is -2.43. The van der Waals surface area contributed by atoms with E-state index in [0.717, 1.165) is 10.7 Å². The first kappa shape index (κ1) is 14.5. The SMILES string of the molecule is O=c1[nH]nc(-c2cc(C(F)(F)F)nn2-c2ccc(Br)cn2)o1. The van der Waals surface area contributed by atoms with E-state index in [1.54, 1.807) is 6.07 Å². The van der Waals surface area contributed by atoms with Gasteiger partial charge in [-0.3, -0.25) is 0 Å². The summed E-state index contributed by atoms with van der Waals surface area (Å²) in [5, 5.41) is 8.96. The number of pyridine rings is 1. The lowest BCUT2D eigenvalue weighted by atomic mass is 10.3. The molecule has 0 saturated heterocycles. The molecular weight excluding hydrogens is 371 g/mol.